The maximum absolute atomic E-state index is 6.61. The molecule has 0 aromatic heterocycles. The number of rotatable bonds is 3. The van der Waals surface area contributed by atoms with Crippen molar-refractivity contribution < 1.29 is 4.74 Å². The number of likely N-dealkylation sites (tertiary alicyclic amines) is 1. The van der Waals surface area contributed by atoms with E-state index in [4.69, 9.17) is 4.74 Å². The van der Waals surface area contributed by atoms with E-state index in [1.165, 1.54) is 45.2 Å². The van der Waals surface area contributed by atoms with Crippen LogP contribution in [0.3, 0.4) is 0 Å². The van der Waals surface area contributed by atoms with Gasteiger partial charge >= 0.3 is 0 Å². The molecule has 1 saturated carbocycles. The van der Waals surface area contributed by atoms with Crippen molar-refractivity contribution in [3.63, 3.8) is 0 Å². The summed E-state index contributed by atoms with van der Waals surface area (Å²) in [6.07, 6.45) is 8.67. The molecule has 0 amide bonds. The SMILES string of the molecule is CCC1(CC)CCNC2(CCN(C3CC3)CC2)O1. The minimum Gasteiger partial charge on any atom is -0.354 e. The number of hydrogen-bond acceptors (Lipinski definition) is 3. The van der Waals surface area contributed by atoms with E-state index < -0.39 is 0 Å². The van der Waals surface area contributed by atoms with Gasteiger partial charge in [-0.3, -0.25) is 5.32 Å². The molecule has 0 bridgehead atoms. The predicted molar refractivity (Wildman–Crippen MR) is 73.6 cm³/mol. The van der Waals surface area contributed by atoms with Gasteiger partial charge in [0, 0.05) is 38.5 Å². The Balaban J connectivity index is 1.64. The van der Waals surface area contributed by atoms with E-state index in [-0.39, 0.29) is 11.3 Å². The lowest BCUT2D eigenvalue weighted by molar-refractivity contribution is -0.221. The van der Waals surface area contributed by atoms with E-state index in [1.54, 1.807) is 0 Å². The lowest BCUT2D eigenvalue weighted by atomic mass is 9.87. The minimum atomic E-state index is -0.00431. The van der Waals surface area contributed by atoms with Crippen LogP contribution in [0.2, 0.25) is 0 Å². The van der Waals surface area contributed by atoms with Crippen molar-refractivity contribution in [3.05, 3.63) is 0 Å². The summed E-state index contributed by atoms with van der Waals surface area (Å²) < 4.78 is 6.61. The van der Waals surface area contributed by atoms with Crippen LogP contribution in [0.1, 0.15) is 58.8 Å². The summed E-state index contributed by atoms with van der Waals surface area (Å²) in [6.45, 7) is 8.14. The fraction of sp³-hybridized carbons (Fsp3) is 1.00. The smallest absolute Gasteiger partial charge is 0.122 e. The Morgan fingerprint density at radius 2 is 1.78 bits per heavy atom. The Hall–Kier alpha value is -0.120. The highest BCUT2D eigenvalue weighted by molar-refractivity contribution is 4.97. The molecule has 1 aliphatic carbocycles. The molecule has 0 atom stereocenters. The molecule has 0 aromatic carbocycles. The van der Waals surface area contributed by atoms with Gasteiger partial charge in [0.15, 0.2) is 0 Å². The van der Waals surface area contributed by atoms with Gasteiger partial charge in [-0.15, -0.1) is 0 Å². The second-order valence-electron chi connectivity index (χ2n) is 6.43. The summed E-state index contributed by atoms with van der Waals surface area (Å²) >= 11 is 0. The quantitative estimate of drug-likeness (QED) is 0.835. The number of ether oxygens (including phenoxy) is 1. The Labute approximate surface area is 111 Å². The normalized spacial score (nSPS) is 31.7. The molecule has 2 saturated heterocycles. The highest BCUT2D eigenvalue weighted by Crippen LogP contribution is 2.39. The van der Waals surface area contributed by atoms with Crippen LogP contribution in [0.25, 0.3) is 0 Å². The maximum Gasteiger partial charge on any atom is 0.122 e. The zero-order valence-electron chi connectivity index (χ0n) is 12.0. The fourth-order valence-electron chi connectivity index (χ4n) is 3.74. The van der Waals surface area contributed by atoms with Crippen LogP contribution in [0.15, 0.2) is 0 Å². The standard InChI is InChI=1S/C15H28N2O/c1-3-14(4-2)7-10-16-15(18-14)8-11-17(12-9-15)13-5-6-13/h13,16H,3-12H2,1-2H3. The Bertz CT molecular complexity index is 289. The van der Waals surface area contributed by atoms with Crippen molar-refractivity contribution in [2.24, 2.45) is 0 Å². The van der Waals surface area contributed by atoms with Crippen LogP contribution < -0.4 is 5.32 Å². The van der Waals surface area contributed by atoms with Crippen LogP contribution in [-0.4, -0.2) is 41.9 Å². The van der Waals surface area contributed by atoms with Gasteiger partial charge in [0.1, 0.15) is 5.72 Å². The van der Waals surface area contributed by atoms with Crippen LogP contribution in [-0.2, 0) is 4.74 Å². The van der Waals surface area contributed by atoms with Crippen molar-refractivity contribution >= 4 is 0 Å². The van der Waals surface area contributed by atoms with Gasteiger partial charge in [0.25, 0.3) is 0 Å². The number of hydrogen-bond donors (Lipinski definition) is 1. The highest BCUT2D eigenvalue weighted by atomic mass is 16.5. The van der Waals surface area contributed by atoms with Gasteiger partial charge in [-0.2, -0.15) is 0 Å². The van der Waals surface area contributed by atoms with Gasteiger partial charge in [0.2, 0.25) is 0 Å². The van der Waals surface area contributed by atoms with E-state index in [0.717, 1.165) is 25.4 Å². The highest BCUT2D eigenvalue weighted by Gasteiger charge is 2.46. The summed E-state index contributed by atoms with van der Waals surface area (Å²) in [7, 11) is 0. The second-order valence-corrected chi connectivity index (χ2v) is 6.43. The van der Waals surface area contributed by atoms with Crippen molar-refractivity contribution in [1.29, 1.82) is 0 Å². The van der Waals surface area contributed by atoms with Gasteiger partial charge < -0.3 is 9.64 Å². The number of piperidine rings is 1. The average Bonchev–Trinajstić information content (AvgIpc) is 3.24. The van der Waals surface area contributed by atoms with Crippen LogP contribution in [0, 0.1) is 0 Å². The molecule has 0 aromatic rings. The maximum atomic E-state index is 6.61. The number of nitrogens with zero attached hydrogens (tertiary/aromatic N) is 1. The van der Waals surface area contributed by atoms with Crippen molar-refractivity contribution in [2.75, 3.05) is 19.6 Å². The Morgan fingerprint density at radius 1 is 1.11 bits per heavy atom. The summed E-state index contributed by atoms with van der Waals surface area (Å²) in [5.74, 6) is 0. The number of nitrogens with one attached hydrogen (secondary N) is 1. The first kappa shape index (κ1) is 12.9. The van der Waals surface area contributed by atoms with E-state index >= 15 is 0 Å². The molecule has 3 rings (SSSR count). The molecular formula is C15H28N2O. The molecule has 2 heterocycles. The first-order valence-electron chi connectivity index (χ1n) is 7.90. The summed E-state index contributed by atoms with van der Waals surface area (Å²) in [4.78, 5) is 2.67. The summed E-state index contributed by atoms with van der Waals surface area (Å²) in [6, 6.07) is 0.910. The van der Waals surface area contributed by atoms with Gasteiger partial charge in [-0.05, 0) is 32.1 Å². The second kappa shape index (κ2) is 4.77. The Morgan fingerprint density at radius 3 is 2.33 bits per heavy atom. The summed E-state index contributed by atoms with van der Waals surface area (Å²) in [5.41, 5.74) is 0.142. The molecule has 0 radical (unpaired) electrons. The molecule has 1 spiro atoms. The lowest BCUT2D eigenvalue weighted by Crippen LogP contribution is -2.63. The van der Waals surface area contributed by atoms with Crippen LogP contribution in [0.4, 0.5) is 0 Å². The average molecular weight is 252 g/mol. The zero-order valence-corrected chi connectivity index (χ0v) is 12.0. The molecule has 2 aliphatic heterocycles. The van der Waals surface area contributed by atoms with Crippen LogP contribution in [0.5, 0.6) is 0 Å². The first-order chi connectivity index (χ1) is 8.71. The molecule has 18 heavy (non-hydrogen) atoms. The Kier molecular flexibility index (Phi) is 3.41. The molecule has 104 valence electrons. The summed E-state index contributed by atoms with van der Waals surface area (Å²) in [5, 5.41) is 3.69. The monoisotopic (exact) mass is 252 g/mol. The largest absolute Gasteiger partial charge is 0.354 e. The van der Waals surface area contributed by atoms with Gasteiger partial charge in [0.05, 0.1) is 5.60 Å². The third-order valence-electron chi connectivity index (χ3n) is 5.40. The third-order valence-corrected chi connectivity index (χ3v) is 5.40. The van der Waals surface area contributed by atoms with E-state index in [1.807, 2.05) is 0 Å². The van der Waals surface area contributed by atoms with Crippen LogP contribution >= 0.6 is 0 Å². The third kappa shape index (κ3) is 2.33. The van der Waals surface area contributed by atoms with E-state index in [0.29, 0.717) is 0 Å². The molecule has 3 nitrogen and oxygen atoms in total. The molecule has 3 heteroatoms. The molecule has 3 fully saturated rings. The first-order valence-corrected chi connectivity index (χ1v) is 7.90. The molecule has 0 unspecified atom stereocenters. The predicted octanol–water partition coefficient (Wildman–Crippen LogP) is 2.51. The van der Waals surface area contributed by atoms with Crippen molar-refractivity contribution in [3.8, 4) is 0 Å². The van der Waals surface area contributed by atoms with Gasteiger partial charge in [-0.1, -0.05) is 13.8 Å². The minimum absolute atomic E-state index is 0.00431. The van der Waals surface area contributed by atoms with Crippen molar-refractivity contribution in [1.82, 2.24) is 10.2 Å². The van der Waals surface area contributed by atoms with Gasteiger partial charge in [-0.25, -0.2) is 0 Å². The fourth-order valence-corrected chi connectivity index (χ4v) is 3.74. The van der Waals surface area contributed by atoms with Crippen molar-refractivity contribution in [2.45, 2.75) is 76.2 Å². The van der Waals surface area contributed by atoms with E-state index in [2.05, 4.69) is 24.1 Å². The lowest BCUT2D eigenvalue weighted by Gasteiger charge is -2.52. The zero-order chi connectivity index (χ0) is 12.6. The topological polar surface area (TPSA) is 24.5 Å². The van der Waals surface area contributed by atoms with E-state index in [9.17, 15) is 0 Å². The molecule has 3 aliphatic rings. The molecular weight excluding hydrogens is 224 g/mol. The molecule has 1 N–H and O–H groups in total.